The summed E-state index contributed by atoms with van der Waals surface area (Å²) in [7, 11) is 0. The molecular weight excluding hydrogens is 625 g/mol. The van der Waals surface area contributed by atoms with Crippen LogP contribution in [0.2, 0.25) is 10.0 Å². The predicted octanol–water partition coefficient (Wildman–Crippen LogP) is 9.46. The molecule has 7 nitrogen and oxygen atoms in total. The maximum atomic E-state index is 13.5. The Labute approximate surface area is 266 Å². The molecule has 4 aromatic carbocycles. The van der Waals surface area contributed by atoms with E-state index in [1.807, 2.05) is 24.3 Å². The van der Waals surface area contributed by atoms with Gasteiger partial charge in [-0.2, -0.15) is 0 Å². The summed E-state index contributed by atoms with van der Waals surface area (Å²) in [4.78, 5) is 0. The number of benzene rings is 4. The normalized spacial score (nSPS) is 11.1. The van der Waals surface area contributed by atoms with Gasteiger partial charge in [0.25, 0.3) is 0 Å². The lowest BCUT2D eigenvalue weighted by atomic mass is 10.1. The van der Waals surface area contributed by atoms with Gasteiger partial charge < -0.3 is 23.3 Å². The Bertz CT molecular complexity index is 1760. The molecule has 0 radical (unpaired) electrons. The average molecular weight is 649 g/mol. The van der Waals surface area contributed by atoms with E-state index in [1.165, 1.54) is 36.4 Å². The van der Waals surface area contributed by atoms with E-state index in [-0.39, 0.29) is 38.1 Å². The second-order valence-electron chi connectivity index (χ2n) is 9.95. The zero-order chi connectivity index (χ0) is 31.2. The molecule has 45 heavy (non-hydrogen) atoms. The van der Waals surface area contributed by atoms with Crippen LogP contribution in [0.4, 0.5) is 8.78 Å². The first-order valence-electron chi connectivity index (χ1n) is 13.7. The minimum atomic E-state index is -0.370. The lowest BCUT2D eigenvalue weighted by Crippen LogP contribution is -1.97. The minimum absolute atomic E-state index is 0.144. The molecule has 0 saturated heterocycles. The summed E-state index contributed by atoms with van der Waals surface area (Å²) in [6, 6.07) is 26.4. The van der Waals surface area contributed by atoms with Gasteiger partial charge in [-0.15, -0.1) is 0 Å². The van der Waals surface area contributed by atoms with E-state index in [9.17, 15) is 8.78 Å². The molecule has 2 aromatic heterocycles. The smallest absolute Gasteiger partial charge is 0.163 e. The largest absolute Gasteiger partial charge is 0.489 e. The molecule has 228 valence electrons. The van der Waals surface area contributed by atoms with Gasteiger partial charge >= 0.3 is 0 Å². The van der Waals surface area contributed by atoms with Gasteiger partial charge in [-0.1, -0.05) is 33.5 Å². The van der Waals surface area contributed by atoms with Crippen molar-refractivity contribution in [3.63, 3.8) is 0 Å². The quantitative estimate of drug-likeness (QED) is 0.131. The molecule has 0 bridgehead atoms. The zero-order valence-electron chi connectivity index (χ0n) is 23.5. The first-order valence-corrected chi connectivity index (χ1v) is 14.5. The topological polar surface area (TPSA) is 79.8 Å². The third kappa shape index (κ3) is 7.88. The van der Waals surface area contributed by atoms with Gasteiger partial charge in [0, 0.05) is 44.4 Å². The van der Waals surface area contributed by atoms with Gasteiger partial charge in [-0.25, -0.2) is 8.78 Å². The fraction of sp³-hybridized carbons (Fsp3) is 0.118. The average Bonchev–Trinajstić information content (AvgIpc) is 3.73. The van der Waals surface area contributed by atoms with Crippen molar-refractivity contribution >= 4 is 23.2 Å². The van der Waals surface area contributed by atoms with Crippen LogP contribution in [-0.2, 0) is 31.2 Å². The summed E-state index contributed by atoms with van der Waals surface area (Å²) in [6.45, 7) is 0.648. The number of hydrogen-bond acceptors (Lipinski definition) is 7. The van der Waals surface area contributed by atoms with Crippen molar-refractivity contribution in [2.24, 2.45) is 0 Å². The molecule has 0 amide bonds. The van der Waals surface area contributed by atoms with Crippen LogP contribution in [0.15, 0.2) is 106 Å². The standard InChI is InChI=1S/C34H24Cl2F2N2O5/c35-31-11-5-25(37)13-23(31)17-42-27-7-1-21(2-8-27)33-15-29(44-39-33)19-41-20-30-16-34(40-45-30)22-3-9-28(10-4-22)43-18-24-14-26(38)6-12-32(24)36/h1-16H,17-20H2. The van der Waals surface area contributed by atoms with Crippen molar-refractivity contribution in [2.75, 3.05) is 0 Å². The predicted molar refractivity (Wildman–Crippen MR) is 164 cm³/mol. The molecule has 6 rings (SSSR count). The van der Waals surface area contributed by atoms with Gasteiger partial charge in [-0.05, 0) is 84.9 Å². The van der Waals surface area contributed by atoms with Crippen molar-refractivity contribution in [1.29, 1.82) is 0 Å². The molecule has 0 fully saturated rings. The van der Waals surface area contributed by atoms with Gasteiger partial charge in [0.05, 0.1) is 0 Å². The van der Waals surface area contributed by atoms with Gasteiger partial charge in [0.2, 0.25) is 0 Å². The molecule has 0 spiro atoms. The molecule has 2 heterocycles. The van der Waals surface area contributed by atoms with Gasteiger partial charge in [0.15, 0.2) is 11.5 Å². The highest BCUT2D eigenvalue weighted by molar-refractivity contribution is 6.31. The highest BCUT2D eigenvalue weighted by Gasteiger charge is 2.11. The first kappa shape index (κ1) is 30.3. The summed E-state index contributed by atoms with van der Waals surface area (Å²) in [5.74, 6) is 1.55. The third-order valence-corrected chi connectivity index (χ3v) is 7.45. The summed E-state index contributed by atoms with van der Waals surface area (Å²) >= 11 is 12.2. The Morgan fingerprint density at radius 3 is 1.38 bits per heavy atom. The monoisotopic (exact) mass is 648 g/mol. The van der Waals surface area contributed by atoms with Crippen LogP contribution >= 0.6 is 23.2 Å². The number of rotatable bonds is 12. The van der Waals surface area contributed by atoms with Crippen molar-refractivity contribution in [1.82, 2.24) is 10.3 Å². The minimum Gasteiger partial charge on any atom is -0.489 e. The summed E-state index contributed by atoms with van der Waals surface area (Å²) in [6.07, 6.45) is 0. The molecule has 0 aliphatic rings. The molecule has 0 aliphatic carbocycles. The third-order valence-electron chi connectivity index (χ3n) is 6.71. The van der Waals surface area contributed by atoms with Gasteiger partial charge in [-0.3, -0.25) is 0 Å². The Kier molecular flexibility index (Phi) is 9.40. The van der Waals surface area contributed by atoms with Crippen LogP contribution in [0.5, 0.6) is 11.5 Å². The van der Waals surface area contributed by atoms with Crippen LogP contribution in [0, 0.1) is 11.6 Å². The van der Waals surface area contributed by atoms with E-state index < -0.39 is 0 Å². The number of ether oxygens (including phenoxy) is 3. The lowest BCUT2D eigenvalue weighted by Gasteiger charge is -2.08. The highest BCUT2D eigenvalue weighted by atomic mass is 35.5. The lowest BCUT2D eigenvalue weighted by molar-refractivity contribution is 0.0727. The van der Waals surface area contributed by atoms with Crippen LogP contribution in [0.25, 0.3) is 22.5 Å². The van der Waals surface area contributed by atoms with E-state index in [4.69, 9.17) is 46.5 Å². The molecule has 0 saturated carbocycles. The maximum absolute atomic E-state index is 13.5. The highest BCUT2D eigenvalue weighted by Crippen LogP contribution is 2.27. The Hall–Kier alpha value is -4.70. The van der Waals surface area contributed by atoms with Crippen LogP contribution in [0.1, 0.15) is 22.6 Å². The molecule has 0 unspecified atom stereocenters. The Morgan fingerprint density at radius 2 is 0.956 bits per heavy atom. The van der Waals surface area contributed by atoms with E-state index in [1.54, 1.807) is 36.4 Å². The van der Waals surface area contributed by atoms with Crippen LogP contribution in [-0.4, -0.2) is 10.3 Å². The fourth-order valence-corrected chi connectivity index (χ4v) is 4.70. The molecule has 11 heteroatoms. The van der Waals surface area contributed by atoms with Crippen LogP contribution < -0.4 is 9.47 Å². The van der Waals surface area contributed by atoms with E-state index in [0.717, 1.165) is 11.1 Å². The Balaban J connectivity index is 0.969. The number of hydrogen-bond donors (Lipinski definition) is 0. The fourth-order valence-electron chi connectivity index (χ4n) is 4.36. The molecule has 6 aromatic rings. The van der Waals surface area contributed by atoms with Gasteiger partial charge in [0.1, 0.15) is 60.9 Å². The SMILES string of the molecule is Fc1ccc(Cl)c(COc2ccc(-c3cc(COCc4cc(-c5ccc(OCc6cc(F)ccc6Cl)cc5)no4)on3)cc2)c1. The first-order chi connectivity index (χ1) is 21.9. The van der Waals surface area contributed by atoms with Crippen molar-refractivity contribution in [3.05, 3.63) is 141 Å². The molecule has 0 aliphatic heterocycles. The zero-order valence-corrected chi connectivity index (χ0v) is 25.0. The van der Waals surface area contributed by atoms with E-state index in [0.29, 0.717) is 55.6 Å². The number of nitrogens with zero attached hydrogens (tertiary/aromatic N) is 2. The number of halogens is 4. The summed E-state index contributed by atoms with van der Waals surface area (Å²) < 4.78 is 55.0. The maximum Gasteiger partial charge on any atom is 0.163 e. The van der Waals surface area contributed by atoms with Crippen LogP contribution in [0.3, 0.4) is 0 Å². The molecule has 0 N–H and O–H groups in total. The van der Waals surface area contributed by atoms with E-state index in [2.05, 4.69) is 10.3 Å². The number of aromatic nitrogens is 2. The van der Waals surface area contributed by atoms with Crippen molar-refractivity contribution in [2.45, 2.75) is 26.4 Å². The molecule has 0 atom stereocenters. The Morgan fingerprint density at radius 1 is 0.533 bits per heavy atom. The van der Waals surface area contributed by atoms with Crippen molar-refractivity contribution in [3.8, 4) is 34.0 Å². The van der Waals surface area contributed by atoms with E-state index >= 15 is 0 Å². The molecular formula is C34H24Cl2F2N2O5. The summed E-state index contributed by atoms with van der Waals surface area (Å²) in [5.41, 5.74) is 4.07. The second-order valence-corrected chi connectivity index (χ2v) is 10.8. The second kappa shape index (κ2) is 13.9. The summed E-state index contributed by atoms with van der Waals surface area (Å²) in [5, 5.41) is 9.13. The van der Waals surface area contributed by atoms with Crippen molar-refractivity contribution < 1.29 is 32.0 Å².